The van der Waals surface area contributed by atoms with E-state index in [4.69, 9.17) is 4.42 Å². The van der Waals surface area contributed by atoms with Gasteiger partial charge in [-0.2, -0.15) is 0 Å². The number of hydrogen-bond donors (Lipinski definition) is 1. The maximum absolute atomic E-state index is 9.79. The summed E-state index contributed by atoms with van der Waals surface area (Å²) in [5.74, 6) is 0.205. The first-order chi connectivity index (χ1) is 7.84. The fourth-order valence-corrected chi connectivity index (χ4v) is 2.42. The molecule has 0 unspecified atom stereocenters. The summed E-state index contributed by atoms with van der Waals surface area (Å²) < 4.78 is 5.69. The molecule has 0 radical (unpaired) electrons. The first-order valence-corrected chi connectivity index (χ1v) is 5.20. The number of benzene rings is 3. The van der Waals surface area contributed by atoms with E-state index in [1.54, 1.807) is 6.07 Å². The van der Waals surface area contributed by atoms with Gasteiger partial charge in [0.1, 0.15) is 5.58 Å². The Balaban J connectivity index is 2.51. The Morgan fingerprint density at radius 3 is 2.44 bits per heavy atom. The Morgan fingerprint density at radius 1 is 0.812 bits per heavy atom. The van der Waals surface area contributed by atoms with Crippen LogP contribution in [0, 0.1) is 0 Å². The Bertz CT molecular complexity index is 811. The van der Waals surface area contributed by atoms with Crippen LogP contribution < -0.4 is 0 Å². The van der Waals surface area contributed by atoms with Crippen LogP contribution in [0.15, 0.2) is 46.9 Å². The molecule has 76 valence electrons. The third-order valence-electron chi connectivity index (χ3n) is 3.13. The topological polar surface area (TPSA) is 33.4 Å². The van der Waals surface area contributed by atoms with Crippen molar-refractivity contribution in [3.05, 3.63) is 42.5 Å². The summed E-state index contributed by atoms with van der Waals surface area (Å²) in [6.07, 6.45) is 0. The second kappa shape index (κ2) is 2.47. The molecule has 2 nitrogen and oxygen atoms in total. The van der Waals surface area contributed by atoms with E-state index in [0.29, 0.717) is 5.58 Å². The van der Waals surface area contributed by atoms with Crippen LogP contribution in [-0.4, -0.2) is 5.11 Å². The normalized spacial score (nSPS) is 12.0. The fourth-order valence-electron chi connectivity index (χ4n) is 2.42. The van der Waals surface area contributed by atoms with Gasteiger partial charge in [-0.1, -0.05) is 30.3 Å². The lowest BCUT2D eigenvalue weighted by molar-refractivity contribution is 0.469. The minimum atomic E-state index is 0.205. The minimum Gasteiger partial charge on any atom is -0.504 e. The molecule has 1 aromatic heterocycles. The molecular formula is C14H8O2. The van der Waals surface area contributed by atoms with Gasteiger partial charge in [0.15, 0.2) is 11.3 Å². The summed E-state index contributed by atoms with van der Waals surface area (Å²) >= 11 is 0. The SMILES string of the molecule is Oc1ccc2ccc3cccc4oc1c2c34. The van der Waals surface area contributed by atoms with E-state index < -0.39 is 0 Å². The van der Waals surface area contributed by atoms with Gasteiger partial charge in [-0.25, -0.2) is 0 Å². The zero-order valence-corrected chi connectivity index (χ0v) is 8.40. The molecule has 0 fully saturated rings. The minimum absolute atomic E-state index is 0.205. The summed E-state index contributed by atoms with van der Waals surface area (Å²) in [4.78, 5) is 0. The molecule has 4 aromatic rings. The summed E-state index contributed by atoms with van der Waals surface area (Å²) in [7, 11) is 0. The molecule has 4 rings (SSSR count). The van der Waals surface area contributed by atoms with Crippen molar-refractivity contribution in [3.63, 3.8) is 0 Å². The van der Waals surface area contributed by atoms with Crippen LogP contribution in [0.1, 0.15) is 0 Å². The molecule has 0 aliphatic carbocycles. The number of aromatic hydroxyl groups is 1. The van der Waals surface area contributed by atoms with E-state index in [1.165, 1.54) is 0 Å². The molecule has 0 aliphatic heterocycles. The first kappa shape index (κ1) is 7.99. The highest BCUT2D eigenvalue weighted by Gasteiger charge is 2.14. The van der Waals surface area contributed by atoms with Crippen molar-refractivity contribution in [1.29, 1.82) is 0 Å². The van der Waals surface area contributed by atoms with Gasteiger partial charge >= 0.3 is 0 Å². The number of phenols is 1. The molecule has 0 bridgehead atoms. The predicted octanol–water partition coefficient (Wildman–Crippen LogP) is 3.88. The Morgan fingerprint density at radius 2 is 1.56 bits per heavy atom. The van der Waals surface area contributed by atoms with Crippen LogP contribution in [-0.2, 0) is 0 Å². The molecule has 0 atom stereocenters. The average Bonchev–Trinajstić information content (AvgIpc) is 2.70. The van der Waals surface area contributed by atoms with E-state index in [-0.39, 0.29) is 5.75 Å². The molecular weight excluding hydrogens is 200 g/mol. The van der Waals surface area contributed by atoms with Crippen molar-refractivity contribution in [2.75, 3.05) is 0 Å². The fraction of sp³-hybridized carbons (Fsp3) is 0. The largest absolute Gasteiger partial charge is 0.504 e. The quantitative estimate of drug-likeness (QED) is 0.445. The average molecular weight is 208 g/mol. The molecule has 0 saturated carbocycles. The standard InChI is InChI=1S/C14H8O2/c15-10-7-6-9-5-4-8-2-1-3-11-12(8)13(9)14(10)16-11/h1-7,15H. The summed E-state index contributed by atoms with van der Waals surface area (Å²) in [5, 5.41) is 14.2. The lowest BCUT2D eigenvalue weighted by Crippen LogP contribution is -1.75. The molecule has 2 heteroatoms. The Kier molecular flexibility index (Phi) is 1.24. The number of hydrogen-bond acceptors (Lipinski definition) is 2. The van der Waals surface area contributed by atoms with Crippen molar-refractivity contribution in [1.82, 2.24) is 0 Å². The van der Waals surface area contributed by atoms with Crippen molar-refractivity contribution in [3.8, 4) is 5.75 Å². The van der Waals surface area contributed by atoms with Crippen LogP contribution in [0.2, 0.25) is 0 Å². The van der Waals surface area contributed by atoms with Gasteiger partial charge in [-0.15, -0.1) is 0 Å². The smallest absolute Gasteiger partial charge is 0.177 e. The highest BCUT2D eigenvalue weighted by atomic mass is 16.4. The summed E-state index contributed by atoms with van der Waals surface area (Å²) in [5.41, 5.74) is 1.42. The van der Waals surface area contributed by atoms with E-state index in [9.17, 15) is 5.11 Å². The van der Waals surface area contributed by atoms with Gasteiger partial charge < -0.3 is 9.52 Å². The molecule has 0 saturated heterocycles. The Hall–Kier alpha value is -2.22. The van der Waals surface area contributed by atoms with Gasteiger partial charge in [-0.3, -0.25) is 0 Å². The van der Waals surface area contributed by atoms with Gasteiger partial charge in [0.05, 0.1) is 0 Å². The highest BCUT2D eigenvalue weighted by Crippen LogP contribution is 2.40. The van der Waals surface area contributed by atoms with Crippen LogP contribution in [0.5, 0.6) is 5.75 Å². The molecule has 0 spiro atoms. The van der Waals surface area contributed by atoms with Gasteiger partial charge in [0, 0.05) is 10.8 Å². The van der Waals surface area contributed by atoms with Crippen LogP contribution >= 0.6 is 0 Å². The molecule has 1 heterocycles. The molecule has 3 aromatic carbocycles. The van der Waals surface area contributed by atoms with Crippen molar-refractivity contribution in [2.45, 2.75) is 0 Å². The number of phenolic OH excluding ortho intramolecular Hbond substituents is 1. The van der Waals surface area contributed by atoms with Gasteiger partial charge in [-0.05, 0) is 22.9 Å². The van der Waals surface area contributed by atoms with Crippen LogP contribution in [0.3, 0.4) is 0 Å². The number of rotatable bonds is 0. The van der Waals surface area contributed by atoms with E-state index in [1.807, 2.05) is 18.2 Å². The monoisotopic (exact) mass is 208 g/mol. The van der Waals surface area contributed by atoms with Crippen molar-refractivity contribution >= 4 is 32.7 Å². The lowest BCUT2D eigenvalue weighted by Gasteiger charge is -2.00. The zero-order valence-electron chi connectivity index (χ0n) is 8.40. The van der Waals surface area contributed by atoms with Crippen LogP contribution in [0.25, 0.3) is 32.7 Å². The highest BCUT2D eigenvalue weighted by molar-refractivity contribution is 6.22. The predicted molar refractivity (Wildman–Crippen MR) is 64.1 cm³/mol. The molecule has 0 amide bonds. The third-order valence-corrected chi connectivity index (χ3v) is 3.13. The van der Waals surface area contributed by atoms with E-state index >= 15 is 0 Å². The van der Waals surface area contributed by atoms with E-state index in [0.717, 1.165) is 27.1 Å². The maximum atomic E-state index is 9.79. The summed E-state index contributed by atoms with van der Waals surface area (Å²) in [6, 6.07) is 13.7. The van der Waals surface area contributed by atoms with E-state index in [2.05, 4.69) is 18.2 Å². The molecule has 16 heavy (non-hydrogen) atoms. The second-order valence-electron chi connectivity index (χ2n) is 4.03. The van der Waals surface area contributed by atoms with Crippen molar-refractivity contribution < 1.29 is 9.52 Å². The third kappa shape index (κ3) is 0.784. The van der Waals surface area contributed by atoms with Crippen LogP contribution in [0.4, 0.5) is 0 Å². The molecule has 0 aliphatic rings. The van der Waals surface area contributed by atoms with Gasteiger partial charge in [0.2, 0.25) is 0 Å². The Labute approximate surface area is 91.0 Å². The number of furan rings is 1. The second-order valence-corrected chi connectivity index (χ2v) is 4.03. The zero-order chi connectivity index (χ0) is 10.7. The first-order valence-electron chi connectivity index (χ1n) is 5.20. The molecule has 1 N–H and O–H groups in total. The lowest BCUT2D eigenvalue weighted by atomic mass is 10.0. The maximum Gasteiger partial charge on any atom is 0.177 e. The van der Waals surface area contributed by atoms with Gasteiger partial charge in [0.25, 0.3) is 0 Å². The van der Waals surface area contributed by atoms with Crippen molar-refractivity contribution in [2.24, 2.45) is 0 Å². The summed E-state index contributed by atoms with van der Waals surface area (Å²) in [6.45, 7) is 0.